The zero-order valence-electron chi connectivity index (χ0n) is 12.2. The van der Waals surface area contributed by atoms with E-state index in [0.29, 0.717) is 13.1 Å². The van der Waals surface area contributed by atoms with Gasteiger partial charge >= 0.3 is 0 Å². The molecule has 0 radical (unpaired) electrons. The summed E-state index contributed by atoms with van der Waals surface area (Å²) in [6, 6.07) is 9.98. The van der Waals surface area contributed by atoms with Gasteiger partial charge in [-0.1, -0.05) is 42.1 Å². The summed E-state index contributed by atoms with van der Waals surface area (Å²) in [5, 5.41) is 5.44. The molecule has 1 heterocycles. The van der Waals surface area contributed by atoms with Crippen molar-refractivity contribution in [3.8, 4) is 0 Å². The van der Waals surface area contributed by atoms with E-state index in [2.05, 4.69) is 5.32 Å². The molecule has 1 unspecified atom stereocenters. The van der Waals surface area contributed by atoms with Gasteiger partial charge in [-0.15, -0.1) is 0 Å². The maximum absolute atomic E-state index is 11.0. The van der Waals surface area contributed by atoms with E-state index in [9.17, 15) is 9.59 Å². The number of carbonyl (C=O) groups excluding carboxylic acids is 2. The maximum atomic E-state index is 11.0. The van der Waals surface area contributed by atoms with Crippen LogP contribution >= 0.6 is 11.8 Å². The Morgan fingerprint density at radius 3 is 2.23 bits per heavy atom. The average Bonchev–Trinajstić information content (AvgIpc) is 2.97. The molecule has 118 valence electrons. The van der Waals surface area contributed by atoms with Crippen LogP contribution in [-0.4, -0.2) is 35.3 Å². The number of nitrogens with two attached hydrogens (primary N) is 2. The molecule has 2 amide bonds. The van der Waals surface area contributed by atoms with Gasteiger partial charge in [0.05, 0.1) is 0 Å². The Balaban J connectivity index is 1.97. The Bertz CT molecular complexity index is 544. The lowest BCUT2D eigenvalue weighted by Crippen LogP contribution is -2.43. The molecule has 0 saturated heterocycles. The standard InChI is InChI=1S/C15H20N4O2S/c16-13(20)6-8-19(9-7-14(17)21)15-18-12(10-22-15)11-4-2-1-3-5-11/h1-5,10,15,18H,6-9H2,(H2,16,20)(H2,17,21). The number of nitrogens with zero attached hydrogens (tertiary/aromatic N) is 1. The van der Waals surface area contributed by atoms with E-state index in [0.717, 1.165) is 11.3 Å². The van der Waals surface area contributed by atoms with Gasteiger partial charge in [0.25, 0.3) is 0 Å². The predicted octanol–water partition coefficient (Wildman–Crippen LogP) is 0.658. The quantitative estimate of drug-likeness (QED) is 0.653. The molecule has 1 aromatic rings. The van der Waals surface area contributed by atoms with Crippen LogP contribution in [0.15, 0.2) is 35.7 Å². The molecule has 2 rings (SSSR count). The summed E-state index contributed by atoms with van der Waals surface area (Å²) in [4.78, 5) is 24.0. The fraction of sp³-hybridized carbons (Fsp3) is 0.333. The lowest BCUT2D eigenvalue weighted by molar-refractivity contribution is -0.118. The van der Waals surface area contributed by atoms with Crippen LogP contribution in [0.1, 0.15) is 18.4 Å². The average molecular weight is 320 g/mol. The van der Waals surface area contributed by atoms with Gasteiger partial charge in [0.1, 0.15) is 5.50 Å². The minimum absolute atomic E-state index is 0.0334. The van der Waals surface area contributed by atoms with Crippen molar-refractivity contribution in [3.05, 3.63) is 41.3 Å². The van der Waals surface area contributed by atoms with E-state index < -0.39 is 0 Å². The molecule has 0 saturated carbocycles. The number of nitrogens with one attached hydrogen (secondary N) is 1. The second-order valence-electron chi connectivity index (χ2n) is 5.00. The number of hydrogen-bond donors (Lipinski definition) is 3. The third-order valence-corrected chi connectivity index (χ3v) is 4.35. The highest BCUT2D eigenvalue weighted by atomic mass is 32.2. The van der Waals surface area contributed by atoms with Crippen molar-refractivity contribution < 1.29 is 9.59 Å². The third kappa shape index (κ3) is 4.78. The summed E-state index contributed by atoms with van der Waals surface area (Å²) in [7, 11) is 0. The number of amides is 2. The first-order valence-corrected chi connectivity index (χ1v) is 7.99. The molecule has 1 aliphatic rings. The van der Waals surface area contributed by atoms with E-state index in [1.54, 1.807) is 11.8 Å². The van der Waals surface area contributed by atoms with Crippen LogP contribution in [0.3, 0.4) is 0 Å². The van der Waals surface area contributed by atoms with Gasteiger partial charge in [0, 0.05) is 31.6 Å². The topological polar surface area (TPSA) is 101 Å². The van der Waals surface area contributed by atoms with Crippen molar-refractivity contribution in [2.75, 3.05) is 13.1 Å². The first-order valence-electron chi connectivity index (χ1n) is 7.04. The van der Waals surface area contributed by atoms with Crippen molar-refractivity contribution in [1.82, 2.24) is 10.2 Å². The van der Waals surface area contributed by atoms with Gasteiger partial charge in [0.15, 0.2) is 0 Å². The van der Waals surface area contributed by atoms with Gasteiger partial charge in [0.2, 0.25) is 11.8 Å². The number of thioether (sulfide) groups is 1. The number of primary amides is 2. The molecule has 0 aliphatic carbocycles. The Morgan fingerprint density at radius 1 is 1.09 bits per heavy atom. The van der Waals surface area contributed by atoms with Crippen LogP contribution in [0.25, 0.3) is 5.70 Å². The van der Waals surface area contributed by atoms with Crippen LogP contribution in [0.2, 0.25) is 0 Å². The van der Waals surface area contributed by atoms with Crippen molar-refractivity contribution in [2.45, 2.75) is 18.3 Å². The minimum atomic E-state index is -0.358. The van der Waals surface area contributed by atoms with E-state index in [-0.39, 0.29) is 30.2 Å². The summed E-state index contributed by atoms with van der Waals surface area (Å²) in [5.41, 5.74) is 12.5. The summed E-state index contributed by atoms with van der Waals surface area (Å²) >= 11 is 1.61. The zero-order valence-corrected chi connectivity index (χ0v) is 13.0. The normalized spacial score (nSPS) is 17.1. The molecule has 0 aromatic heterocycles. The monoisotopic (exact) mass is 320 g/mol. The van der Waals surface area contributed by atoms with Gasteiger partial charge in [-0.2, -0.15) is 0 Å². The number of benzene rings is 1. The molecular formula is C15H20N4O2S. The number of hydrogen-bond acceptors (Lipinski definition) is 5. The van der Waals surface area contributed by atoms with Crippen LogP contribution in [0.5, 0.6) is 0 Å². The minimum Gasteiger partial charge on any atom is -0.370 e. The van der Waals surface area contributed by atoms with Crippen LogP contribution in [-0.2, 0) is 9.59 Å². The smallest absolute Gasteiger partial charge is 0.218 e. The summed E-state index contributed by atoms with van der Waals surface area (Å²) < 4.78 is 0. The van der Waals surface area contributed by atoms with E-state index in [1.165, 1.54) is 0 Å². The van der Waals surface area contributed by atoms with E-state index in [4.69, 9.17) is 11.5 Å². The van der Waals surface area contributed by atoms with Crippen LogP contribution in [0.4, 0.5) is 0 Å². The Hall–Kier alpha value is -1.99. The van der Waals surface area contributed by atoms with Gasteiger partial charge in [-0.05, 0) is 11.0 Å². The fourth-order valence-corrected chi connectivity index (χ4v) is 3.18. The largest absolute Gasteiger partial charge is 0.370 e. The SMILES string of the molecule is NC(=O)CCN(CCC(N)=O)C1NC(c2ccccc2)=CS1. The second kappa shape index (κ2) is 7.86. The zero-order chi connectivity index (χ0) is 15.9. The van der Waals surface area contributed by atoms with Crippen molar-refractivity contribution in [1.29, 1.82) is 0 Å². The highest BCUT2D eigenvalue weighted by Crippen LogP contribution is 2.29. The molecule has 0 spiro atoms. The van der Waals surface area contributed by atoms with Crippen molar-refractivity contribution in [2.24, 2.45) is 11.5 Å². The second-order valence-corrected chi connectivity index (χ2v) is 5.95. The molecular weight excluding hydrogens is 300 g/mol. The lowest BCUT2D eigenvalue weighted by atomic mass is 10.2. The van der Waals surface area contributed by atoms with Crippen molar-refractivity contribution >= 4 is 29.3 Å². The Kier molecular flexibility index (Phi) is 5.85. The highest BCUT2D eigenvalue weighted by Gasteiger charge is 2.24. The maximum Gasteiger partial charge on any atom is 0.218 e. The van der Waals surface area contributed by atoms with Crippen molar-refractivity contribution in [3.63, 3.8) is 0 Å². The molecule has 22 heavy (non-hydrogen) atoms. The molecule has 1 atom stereocenters. The van der Waals surface area contributed by atoms with Gasteiger partial charge in [-0.25, -0.2) is 0 Å². The van der Waals surface area contributed by atoms with E-state index >= 15 is 0 Å². The summed E-state index contributed by atoms with van der Waals surface area (Å²) in [5.74, 6) is -0.716. The van der Waals surface area contributed by atoms with E-state index in [1.807, 2.05) is 40.6 Å². The first-order chi connectivity index (χ1) is 10.6. The molecule has 0 bridgehead atoms. The summed E-state index contributed by atoms with van der Waals surface area (Å²) in [6.07, 6.45) is 0.496. The number of carbonyl (C=O) groups is 2. The third-order valence-electron chi connectivity index (χ3n) is 3.30. The molecule has 5 N–H and O–H groups in total. The molecule has 0 fully saturated rings. The van der Waals surface area contributed by atoms with Crippen LogP contribution < -0.4 is 16.8 Å². The van der Waals surface area contributed by atoms with Gasteiger partial charge in [-0.3, -0.25) is 14.5 Å². The van der Waals surface area contributed by atoms with Gasteiger partial charge < -0.3 is 16.8 Å². The molecule has 6 nitrogen and oxygen atoms in total. The molecule has 1 aliphatic heterocycles. The lowest BCUT2D eigenvalue weighted by Gasteiger charge is -2.28. The highest BCUT2D eigenvalue weighted by molar-refractivity contribution is 8.03. The summed E-state index contributed by atoms with van der Waals surface area (Å²) in [6.45, 7) is 0.979. The first kappa shape index (κ1) is 16.4. The Labute approximate surface area is 133 Å². The molecule has 1 aromatic carbocycles. The predicted molar refractivity (Wildman–Crippen MR) is 88.1 cm³/mol. The Morgan fingerprint density at radius 2 is 1.68 bits per heavy atom. The van der Waals surface area contributed by atoms with Crippen LogP contribution in [0, 0.1) is 0 Å². The molecule has 7 heteroatoms. The number of rotatable bonds is 8. The fourth-order valence-electron chi connectivity index (χ4n) is 2.13.